The summed E-state index contributed by atoms with van der Waals surface area (Å²) in [5.74, 6) is -8.67. The molecule has 4 saturated heterocycles. The van der Waals surface area contributed by atoms with Crippen LogP contribution in [-0.2, 0) is 28.9 Å². The number of nitrogens with zero attached hydrogens (tertiary/aromatic N) is 8. The van der Waals surface area contributed by atoms with Gasteiger partial charge in [0.25, 0.3) is 0 Å². The van der Waals surface area contributed by atoms with Crippen molar-refractivity contribution in [2.75, 3.05) is 76.4 Å². The fourth-order valence-corrected chi connectivity index (χ4v) is 9.01. The Morgan fingerprint density at radius 3 is 1.20 bits per heavy atom. The number of hydrogen-bond acceptors (Lipinski definition) is 20. The lowest BCUT2D eigenvalue weighted by Gasteiger charge is -2.38. The Morgan fingerprint density at radius 1 is 0.646 bits per heavy atom. The summed E-state index contributed by atoms with van der Waals surface area (Å²) in [4.78, 5) is 110. The third-order valence-corrected chi connectivity index (χ3v) is 13.4. The van der Waals surface area contributed by atoms with E-state index in [0.29, 0.717) is 37.5 Å². The molecule has 2 saturated carbocycles. The summed E-state index contributed by atoms with van der Waals surface area (Å²) in [5.41, 5.74) is 9.39. The van der Waals surface area contributed by atoms with Gasteiger partial charge in [-0.05, 0) is 37.8 Å². The number of halogens is 2. The highest BCUT2D eigenvalue weighted by atomic mass is 19.1. The molecule has 18 N–H and O–H groups in total. The number of oxime groups is 2. The number of carbonyl (C=O) groups is 6. The van der Waals surface area contributed by atoms with Crippen LogP contribution in [0.3, 0.4) is 0 Å². The van der Waals surface area contributed by atoms with Crippen molar-refractivity contribution in [2.45, 2.75) is 62.7 Å². The highest BCUT2D eigenvalue weighted by Gasteiger charge is 2.51. The van der Waals surface area contributed by atoms with Gasteiger partial charge in [-0.1, -0.05) is 10.3 Å². The highest BCUT2D eigenvalue weighted by molar-refractivity contribution is 6.00. The van der Waals surface area contributed by atoms with E-state index in [2.05, 4.69) is 30.9 Å². The zero-order valence-corrected chi connectivity index (χ0v) is 42.3. The Bertz CT molecular complexity index is 2980. The van der Waals surface area contributed by atoms with Crippen molar-refractivity contribution in [1.82, 2.24) is 29.7 Å². The fraction of sp³-hybridized carbons (Fsp3) is 0.478. The van der Waals surface area contributed by atoms with Crippen LogP contribution >= 0.6 is 0 Å². The summed E-state index contributed by atoms with van der Waals surface area (Å²) < 4.78 is 33.5. The number of aromatic carboxylic acids is 2. The van der Waals surface area contributed by atoms with Gasteiger partial charge < -0.3 is 97.8 Å². The van der Waals surface area contributed by atoms with Crippen molar-refractivity contribution in [3.63, 3.8) is 0 Å². The number of anilines is 2. The van der Waals surface area contributed by atoms with Crippen molar-refractivity contribution in [3.8, 4) is 0 Å². The van der Waals surface area contributed by atoms with Crippen molar-refractivity contribution in [3.05, 3.63) is 67.7 Å². The molecule has 0 aromatic carbocycles. The number of carboxylic acid groups (broad SMARTS) is 6. The van der Waals surface area contributed by atoms with Gasteiger partial charge in [0.2, 0.25) is 10.9 Å². The molecule has 4 aromatic heterocycles. The Morgan fingerprint density at radius 2 is 0.975 bits per heavy atom. The average molecular weight is 1120 g/mol. The van der Waals surface area contributed by atoms with Gasteiger partial charge in [0.15, 0.2) is 23.3 Å². The first-order valence-electron chi connectivity index (χ1n) is 23.4. The number of carboxylic acids is 6. The van der Waals surface area contributed by atoms with Crippen LogP contribution in [-0.4, -0.2) is 192 Å². The maximum Gasteiger partial charge on any atom is 0.341 e. The lowest BCUT2D eigenvalue weighted by Crippen LogP contribution is -2.58. The molecule has 2 aliphatic carbocycles. The molecule has 2 spiro atoms. The highest BCUT2D eigenvalue weighted by Crippen LogP contribution is 2.41. The zero-order chi connectivity index (χ0) is 55.6. The third-order valence-electron chi connectivity index (χ3n) is 13.4. The monoisotopic (exact) mass is 1120 g/mol. The lowest BCUT2D eigenvalue weighted by atomic mass is 9.79. The average Bonchev–Trinajstić information content (AvgIpc) is 4.27. The zero-order valence-electron chi connectivity index (χ0n) is 42.3. The Labute approximate surface area is 443 Å². The van der Waals surface area contributed by atoms with E-state index in [9.17, 15) is 48.6 Å². The number of nitrogens with two attached hydrogens (primary N) is 2. The maximum atomic E-state index is 15.0. The van der Waals surface area contributed by atoms with Gasteiger partial charge in [-0.25, -0.2) is 28.3 Å². The van der Waals surface area contributed by atoms with Crippen LogP contribution in [0.1, 0.15) is 71.3 Å². The molecule has 10 rings (SSSR count). The quantitative estimate of drug-likeness (QED) is 0.0572. The summed E-state index contributed by atoms with van der Waals surface area (Å²) in [6.07, 6.45) is 5.08. The normalized spacial score (nSPS) is 18.8. The Kier molecular flexibility index (Phi) is 20.3. The molecule has 33 heteroatoms. The molecule has 432 valence electrons. The molecule has 79 heavy (non-hydrogen) atoms. The summed E-state index contributed by atoms with van der Waals surface area (Å²) in [7, 11) is 2.97. The number of nitrogens with one attached hydrogen (secondary N) is 2. The van der Waals surface area contributed by atoms with E-state index in [1.54, 1.807) is 18.9 Å². The second kappa shape index (κ2) is 25.4. The molecule has 0 radical (unpaired) electrons. The number of rotatable bonds is 14. The van der Waals surface area contributed by atoms with Crippen LogP contribution in [0.15, 0.2) is 44.4 Å². The van der Waals surface area contributed by atoms with Crippen LogP contribution in [0.25, 0.3) is 22.1 Å². The second-order valence-electron chi connectivity index (χ2n) is 19.0. The van der Waals surface area contributed by atoms with E-state index < -0.39 is 83.2 Å². The van der Waals surface area contributed by atoms with E-state index in [1.807, 2.05) is 0 Å². The van der Waals surface area contributed by atoms with Gasteiger partial charge in [-0.15, -0.1) is 0 Å². The van der Waals surface area contributed by atoms with Crippen LogP contribution < -0.4 is 42.8 Å². The van der Waals surface area contributed by atoms with Crippen LogP contribution in [0.5, 0.6) is 0 Å². The molecule has 31 nitrogen and oxygen atoms in total. The number of pyridine rings is 4. The molecule has 6 aliphatic rings. The van der Waals surface area contributed by atoms with Crippen LogP contribution in [0.2, 0.25) is 0 Å². The minimum absolute atomic E-state index is 0. The summed E-state index contributed by atoms with van der Waals surface area (Å²) in [6, 6.07) is -0.197. The first kappa shape index (κ1) is 63.2. The van der Waals surface area contributed by atoms with Gasteiger partial charge in [0.1, 0.15) is 48.7 Å². The fourth-order valence-electron chi connectivity index (χ4n) is 9.01. The summed E-state index contributed by atoms with van der Waals surface area (Å²) >= 11 is 0. The SMILES string of the molecule is CO/N=C1\CN(c2nc3c(cc2F)c(=O)c(C(=O)O)cn3C2CC2)CC12CNC2.CO/N=C1\CN(c2nc3c(cc2F)c(=O)c(C(=O)O)cn3C2CC2)CC12CNC2.N[C@H](CC(=O)O)C(=O)O.N[C@H](CC(=O)O)C(=O)O.O.O.O. The second-order valence-corrected chi connectivity index (χ2v) is 19.0. The molecule has 6 fully saturated rings. The van der Waals surface area contributed by atoms with Crippen molar-refractivity contribution < 1.29 is 94.3 Å². The molecular weight excluding hydrogens is 1060 g/mol. The predicted octanol–water partition coefficient (Wildman–Crippen LogP) is -2.77. The Balaban J connectivity index is 0.000000254. The summed E-state index contributed by atoms with van der Waals surface area (Å²) in [5, 5.41) is 65.5. The number of aromatic nitrogens is 4. The Hall–Kier alpha value is -8.34. The van der Waals surface area contributed by atoms with Gasteiger partial charge in [0.05, 0.1) is 59.0 Å². The summed E-state index contributed by atoms with van der Waals surface area (Å²) in [6.45, 7) is 4.77. The number of fused-ring (bicyclic) bond motifs is 2. The molecule has 2 atom stereocenters. The van der Waals surface area contributed by atoms with Crippen LogP contribution in [0.4, 0.5) is 20.4 Å². The molecular formula is C46H60F2N12O19. The minimum atomic E-state index is -1.32. The molecule has 4 aliphatic heterocycles. The number of hydrogen-bond donors (Lipinski definition) is 10. The smallest absolute Gasteiger partial charge is 0.341 e. The molecule has 8 heterocycles. The van der Waals surface area contributed by atoms with Crippen molar-refractivity contribution in [1.29, 1.82) is 0 Å². The van der Waals surface area contributed by atoms with E-state index in [1.165, 1.54) is 26.6 Å². The van der Waals surface area contributed by atoms with E-state index in [-0.39, 0.29) is 72.9 Å². The van der Waals surface area contributed by atoms with Crippen molar-refractivity contribution >= 4 is 80.9 Å². The van der Waals surface area contributed by atoms with Gasteiger partial charge in [-0.3, -0.25) is 28.8 Å². The van der Waals surface area contributed by atoms with E-state index >= 15 is 8.78 Å². The van der Waals surface area contributed by atoms with Gasteiger partial charge >= 0.3 is 35.8 Å². The van der Waals surface area contributed by atoms with Gasteiger partial charge in [0, 0.05) is 63.7 Å². The molecule has 0 bridgehead atoms. The third kappa shape index (κ3) is 13.5. The van der Waals surface area contributed by atoms with E-state index in [0.717, 1.165) is 75.4 Å². The maximum absolute atomic E-state index is 15.0. The standard InChI is InChI=1S/2C19H20FN5O4.2C4H7NO4.3H2O/c2*1-29-23-14-6-24(9-19(14)7-21-8-19)17-13(20)4-11-15(26)12(18(27)28)5-25(10-2-3-10)16(11)22-17;2*5-2(4(8)9)1-3(6)7;;;/h2*4-5,10,21H,2-3,6-9H2,1H3,(H,27,28);2*2H,1,5H2,(H,6,7)(H,8,9);3*1H2/b2*23-14+;;;;;/t;;2*2-;;;/m..11.../s1. The largest absolute Gasteiger partial charge is 0.481 e. The molecule has 0 amide bonds. The van der Waals surface area contributed by atoms with Crippen molar-refractivity contribution in [2.24, 2.45) is 32.6 Å². The first-order valence-corrected chi connectivity index (χ1v) is 23.4. The van der Waals surface area contributed by atoms with E-state index in [4.69, 9.17) is 41.6 Å². The lowest BCUT2D eigenvalue weighted by molar-refractivity contribution is -0.144. The number of aliphatic carboxylic acids is 4. The minimum Gasteiger partial charge on any atom is -0.481 e. The molecule has 4 aromatic rings. The predicted molar refractivity (Wildman–Crippen MR) is 273 cm³/mol. The topological polar surface area (TPSA) is 514 Å². The van der Waals surface area contributed by atoms with Crippen LogP contribution in [0, 0.1) is 22.5 Å². The van der Waals surface area contributed by atoms with Gasteiger partial charge in [-0.2, -0.15) is 0 Å². The first-order chi connectivity index (χ1) is 35.9. The molecule has 0 unspecified atom stereocenters.